The highest BCUT2D eigenvalue weighted by Gasteiger charge is 2.02. The first-order valence-corrected chi connectivity index (χ1v) is 6.30. The fourth-order valence-electron chi connectivity index (χ4n) is 1.57. The van der Waals surface area contributed by atoms with Crippen LogP contribution < -0.4 is 16.0 Å². The molecule has 0 aliphatic rings. The highest BCUT2D eigenvalue weighted by molar-refractivity contribution is 9.10. The number of nitrogens with two attached hydrogens (primary N) is 1. The maximum atomic E-state index is 5.73. The van der Waals surface area contributed by atoms with Crippen molar-refractivity contribution in [1.82, 2.24) is 4.98 Å². The second-order valence-electron chi connectivity index (χ2n) is 3.86. The topological polar surface area (TPSA) is 60.2 Å². The zero-order chi connectivity index (χ0) is 13.0. The van der Waals surface area contributed by atoms with Crippen LogP contribution in [0.5, 0.6) is 5.75 Å². The predicted molar refractivity (Wildman–Crippen MR) is 75.3 cm³/mol. The van der Waals surface area contributed by atoms with Gasteiger partial charge in [-0.15, -0.1) is 0 Å². The molecule has 2 aromatic rings. The zero-order valence-electron chi connectivity index (χ0n) is 9.98. The lowest BCUT2D eigenvalue weighted by molar-refractivity contribution is 0.299. The van der Waals surface area contributed by atoms with E-state index in [1.54, 1.807) is 6.07 Å². The Balaban J connectivity index is 2.06. The van der Waals surface area contributed by atoms with Crippen molar-refractivity contribution < 1.29 is 4.74 Å². The Morgan fingerprint density at radius 3 is 2.89 bits per heavy atom. The van der Waals surface area contributed by atoms with Crippen molar-refractivity contribution >= 4 is 21.7 Å². The summed E-state index contributed by atoms with van der Waals surface area (Å²) in [5, 5.41) is 0. The Kier molecular flexibility index (Phi) is 4.17. The van der Waals surface area contributed by atoms with Crippen LogP contribution in [-0.4, -0.2) is 4.98 Å². The van der Waals surface area contributed by atoms with Gasteiger partial charge in [-0.2, -0.15) is 0 Å². The van der Waals surface area contributed by atoms with Gasteiger partial charge >= 0.3 is 0 Å². The molecule has 0 saturated heterocycles. The number of benzene rings is 1. The molecular formula is C13H14BrN3O. The van der Waals surface area contributed by atoms with Crippen LogP contribution >= 0.6 is 15.9 Å². The van der Waals surface area contributed by atoms with Crippen LogP contribution in [0.25, 0.3) is 0 Å². The van der Waals surface area contributed by atoms with Gasteiger partial charge in [0.15, 0.2) is 0 Å². The first-order chi connectivity index (χ1) is 8.69. The normalized spacial score (nSPS) is 10.2. The van der Waals surface area contributed by atoms with Crippen molar-refractivity contribution in [3.63, 3.8) is 0 Å². The van der Waals surface area contributed by atoms with E-state index in [1.807, 2.05) is 37.3 Å². The number of hydrazine groups is 1. The van der Waals surface area contributed by atoms with Crippen molar-refractivity contribution in [1.29, 1.82) is 0 Å². The lowest BCUT2D eigenvalue weighted by Gasteiger charge is -2.09. The molecule has 0 aliphatic heterocycles. The molecule has 5 heteroatoms. The van der Waals surface area contributed by atoms with E-state index in [0.29, 0.717) is 12.4 Å². The van der Waals surface area contributed by atoms with E-state index in [1.165, 1.54) is 0 Å². The summed E-state index contributed by atoms with van der Waals surface area (Å²) in [4.78, 5) is 4.28. The molecule has 1 aromatic heterocycles. The van der Waals surface area contributed by atoms with E-state index in [2.05, 4.69) is 26.3 Å². The van der Waals surface area contributed by atoms with E-state index in [9.17, 15) is 0 Å². The summed E-state index contributed by atoms with van der Waals surface area (Å²) in [5.41, 5.74) is 4.42. The minimum absolute atomic E-state index is 0.415. The minimum atomic E-state index is 0.415. The van der Waals surface area contributed by atoms with Crippen LogP contribution in [-0.2, 0) is 6.61 Å². The molecule has 94 valence electrons. The van der Waals surface area contributed by atoms with Crippen LogP contribution in [0.15, 0.2) is 40.9 Å². The fraction of sp³-hybridized carbons (Fsp3) is 0.154. The molecule has 0 bridgehead atoms. The minimum Gasteiger partial charge on any atom is -0.487 e. The number of halogens is 1. The van der Waals surface area contributed by atoms with Gasteiger partial charge in [0.25, 0.3) is 0 Å². The van der Waals surface area contributed by atoms with Gasteiger partial charge in [-0.25, -0.2) is 10.8 Å². The maximum absolute atomic E-state index is 5.73. The number of nitrogens with zero attached hydrogens (tertiary/aromatic N) is 1. The molecule has 0 saturated carbocycles. The number of aromatic nitrogens is 1. The van der Waals surface area contributed by atoms with Gasteiger partial charge in [0, 0.05) is 4.47 Å². The van der Waals surface area contributed by atoms with Gasteiger partial charge < -0.3 is 10.2 Å². The highest BCUT2D eigenvalue weighted by atomic mass is 79.9. The van der Waals surface area contributed by atoms with Crippen molar-refractivity contribution in [3.8, 4) is 5.75 Å². The lowest BCUT2D eigenvalue weighted by Crippen LogP contribution is -2.09. The van der Waals surface area contributed by atoms with Crippen molar-refractivity contribution in [2.45, 2.75) is 13.5 Å². The van der Waals surface area contributed by atoms with Gasteiger partial charge in [-0.1, -0.05) is 22.0 Å². The Hall–Kier alpha value is -1.59. The molecular weight excluding hydrogens is 294 g/mol. The van der Waals surface area contributed by atoms with E-state index in [-0.39, 0.29) is 0 Å². The van der Waals surface area contributed by atoms with Gasteiger partial charge in [0.1, 0.15) is 18.2 Å². The summed E-state index contributed by atoms with van der Waals surface area (Å²) < 4.78 is 6.77. The van der Waals surface area contributed by atoms with Gasteiger partial charge in [0.2, 0.25) is 0 Å². The summed E-state index contributed by atoms with van der Waals surface area (Å²) in [6, 6.07) is 11.5. The predicted octanol–water partition coefficient (Wildman–Crippen LogP) is 3.02. The molecule has 0 spiro atoms. The molecule has 0 amide bonds. The molecule has 2 rings (SSSR count). The Morgan fingerprint density at radius 2 is 2.17 bits per heavy atom. The summed E-state index contributed by atoms with van der Waals surface area (Å²) in [5.74, 6) is 6.79. The molecule has 1 heterocycles. The lowest BCUT2D eigenvalue weighted by atomic mass is 10.2. The highest BCUT2D eigenvalue weighted by Crippen LogP contribution is 2.22. The fourth-order valence-corrected chi connectivity index (χ4v) is 2.04. The number of ether oxygens (including phenoxy) is 1. The Labute approximate surface area is 114 Å². The average Bonchev–Trinajstić information content (AvgIpc) is 2.38. The largest absolute Gasteiger partial charge is 0.487 e. The average molecular weight is 308 g/mol. The molecule has 0 unspecified atom stereocenters. The first kappa shape index (κ1) is 12.9. The summed E-state index contributed by atoms with van der Waals surface area (Å²) in [7, 11) is 0. The number of aryl methyl sites for hydroxylation is 1. The molecule has 0 fully saturated rings. The first-order valence-electron chi connectivity index (χ1n) is 5.50. The van der Waals surface area contributed by atoms with E-state index < -0.39 is 0 Å². The molecule has 1 aromatic carbocycles. The van der Waals surface area contributed by atoms with Gasteiger partial charge in [-0.3, -0.25) is 0 Å². The SMILES string of the molecule is Cc1cc(Br)ccc1OCc1cccc(NN)n1. The summed E-state index contributed by atoms with van der Waals surface area (Å²) in [6.45, 7) is 2.42. The van der Waals surface area contributed by atoms with Gasteiger partial charge in [0.05, 0.1) is 5.69 Å². The number of nitrogen functional groups attached to an aromatic ring is 1. The number of hydrogen-bond donors (Lipinski definition) is 2. The van der Waals surface area contributed by atoms with Crippen LogP contribution in [0.2, 0.25) is 0 Å². The molecule has 0 aliphatic carbocycles. The zero-order valence-corrected chi connectivity index (χ0v) is 11.6. The second kappa shape index (κ2) is 5.84. The van der Waals surface area contributed by atoms with Gasteiger partial charge in [-0.05, 0) is 42.8 Å². The Bertz CT molecular complexity index is 546. The monoisotopic (exact) mass is 307 g/mol. The number of pyridine rings is 1. The third-order valence-corrected chi connectivity index (χ3v) is 2.96. The number of rotatable bonds is 4. The third kappa shape index (κ3) is 3.21. The number of nitrogens with one attached hydrogen (secondary N) is 1. The smallest absolute Gasteiger partial charge is 0.140 e. The molecule has 3 N–H and O–H groups in total. The second-order valence-corrected chi connectivity index (χ2v) is 4.77. The maximum Gasteiger partial charge on any atom is 0.140 e. The van der Waals surface area contributed by atoms with E-state index >= 15 is 0 Å². The van der Waals surface area contributed by atoms with Crippen molar-refractivity contribution in [3.05, 3.63) is 52.1 Å². The van der Waals surface area contributed by atoms with Crippen LogP contribution in [0.4, 0.5) is 5.82 Å². The number of hydrogen-bond acceptors (Lipinski definition) is 4. The van der Waals surface area contributed by atoms with E-state index in [0.717, 1.165) is 21.5 Å². The molecule has 4 nitrogen and oxygen atoms in total. The van der Waals surface area contributed by atoms with Crippen LogP contribution in [0.1, 0.15) is 11.3 Å². The summed E-state index contributed by atoms with van der Waals surface area (Å²) >= 11 is 3.42. The van der Waals surface area contributed by atoms with Crippen molar-refractivity contribution in [2.75, 3.05) is 5.43 Å². The molecule has 18 heavy (non-hydrogen) atoms. The molecule has 0 radical (unpaired) electrons. The summed E-state index contributed by atoms with van der Waals surface area (Å²) in [6.07, 6.45) is 0. The van der Waals surface area contributed by atoms with Crippen LogP contribution in [0, 0.1) is 6.92 Å². The van der Waals surface area contributed by atoms with Crippen LogP contribution in [0.3, 0.4) is 0 Å². The van der Waals surface area contributed by atoms with Crippen molar-refractivity contribution in [2.24, 2.45) is 5.84 Å². The quantitative estimate of drug-likeness (QED) is 0.673. The standard InChI is InChI=1S/C13H14BrN3O/c1-9-7-10(14)5-6-12(9)18-8-11-3-2-4-13(16-11)17-15/h2-7H,8,15H2,1H3,(H,16,17). The number of anilines is 1. The van der Waals surface area contributed by atoms with E-state index in [4.69, 9.17) is 10.6 Å². The Morgan fingerprint density at radius 1 is 1.33 bits per heavy atom. The molecule has 0 atom stereocenters. The third-order valence-electron chi connectivity index (χ3n) is 2.47.